The second-order valence-electron chi connectivity index (χ2n) is 8.06. The first kappa shape index (κ1) is 23.1. The Morgan fingerprint density at radius 1 is 0.966 bits per heavy atom. The SMILES string of the molecule is CCCCCCS[C@]12C(=O)NC(=O)[C@@]1(SCCCCCS)C[C@H]2c1ccccc1. The van der Waals surface area contributed by atoms with E-state index in [-0.39, 0.29) is 17.7 Å². The Morgan fingerprint density at radius 2 is 1.66 bits per heavy atom. The van der Waals surface area contributed by atoms with Crippen LogP contribution < -0.4 is 5.32 Å². The van der Waals surface area contributed by atoms with Gasteiger partial charge in [-0.2, -0.15) is 12.6 Å². The molecular formula is C23H33NO2S3. The van der Waals surface area contributed by atoms with Gasteiger partial charge in [-0.1, -0.05) is 62.9 Å². The molecule has 2 fully saturated rings. The molecule has 6 heteroatoms. The van der Waals surface area contributed by atoms with Crippen LogP contribution in [-0.2, 0) is 9.59 Å². The molecule has 160 valence electrons. The van der Waals surface area contributed by atoms with Crippen molar-refractivity contribution in [2.24, 2.45) is 0 Å². The van der Waals surface area contributed by atoms with Crippen molar-refractivity contribution in [1.29, 1.82) is 0 Å². The van der Waals surface area contributed by atoms with Crippen molar-refractivity contribution in [2.75, 3.05) is 17.3 Å². The summed E-state index contributed by atoms with van der Waals surface area (Å²) < 4.78 is -1.27. The van der Waals surface area contributed by atoms with E-state index in [0.717, 1.165) is 49.4 Å². The van der Waals surface area contributed by atoms with E-state index in [9.17, 15) is 9.59 Å². The summed E-state index contributed by atoms with van der Waals surface area (Å²) in [6.45, 7) is 2.21. The zero-order valence-corrected chi connectivity index (χ0v) is 19.8. The number of amides is 2. The number of rotatable bonds is 13. The molecule has 0 radical (unpaired) electrons. The molecule has 1 aliphatic heterocycles. The largest absolute Gasteiger partial charge is 0.294 e. The minimum Gasteiger partial charge on any atom is -0.294 e. The van der Waals surface area contributed by atoms with Crippen LogP contribution in [-0.4, -0.2) is 38.6 Å². The van der Waals surface area contributed by atoms with Crippen LogP contribution in [0.4, 0.5) is 0 Å². The molecule has 1 aromatic carbocycles. The topological polar surface area (TPSA) is 46.2 Å². The quantitative estimate of drug-likeness (QED) is 0.238. The standard InChI is InChI=1S/C23H33NO2S3/c1-2-3-4-10-16-29-23-19(18-12-7-5-8-13-18)17-22(23,20(25)24-21(23)26)28-15-11-6-9-14-27/h5,7-8,12-13,19,27H,2-4,6,9-11,14-17H2,1H3,(H,24,25,26)/t19-,22-,23+/m0/s1. The molecule has 2 amide bonds. The van der Waals surface area contributed by atoms with Crippen molar-refractivity contribution in [3.8, 4) is 0 Å². The van der Waals surface area contributed by atoms with Crippen LogP contribution in [0.15, 0.2) is 30.3 Å². The maximum atomic E-state index is 13.2. The molecular weight excluding hydrogens is 418 g/mol. The predicted molar refractivity (Wildman–Crippen MR) is 129 cm³/mol. The molecule has 1 saturated heterocycles. The summed E-state index contributed by atoms with van der Waals surface area (Å²) in [5, 5.41) is 2.73. The Labute approximate surface area is 189 Å². The van der Waals surface area contributed by atoms with Gasteiger partial charge in [-0.25, -0.2) is 0 Å². The maximum Gasteiger partial charge on any atom is 0.245 e. The number of thiol groups is 1. The molecule has 1 heterocycles. The minimum absolute atomic E-state index is 0.0602. The Morgan fingerprint density at radius 3 is 2.34 bits per heavy atom. The predicted octanol–water partition coefficient (Wildman–Crippen LogP) is 5.45. The fourth-order valence-electron chi connectivity index (χ4n) is 4.58. The first-order valence-electron chi connectivity index (χ1n) is 10.9. The van der Waals surface area contributed by atoms with Crippen molar-refractivity contribution in [1.82, 2.24) is 5.32 Å². The van der Waals surface area contributed by atoms with Crippen LogP contribution in [0.5, 0.6) is 0 Å². The third-order valence-corrected chi connectivity index (χ3v) is 10.1. The molecule has 0 aromatic heterocycles. The summed E-state index contributed by atoms with van der Waals surface area (Å²) in [6, 6.07) is 10.3. The highest BCUT2D eigenvalue weighted by atomic mass is 32.2. The van der Waals surface area contributed by atoms with Gasteiger partial charge in [-0.3, -0.25) is 14.9 Å². The van der Waals surface area contributed by atoms with Gasteiger partial charge >= 0.3 is 0 Å². The number of thioether (sulfide) groups is 2. The zero-order chi connectivity index (χ0) is 20.7. The lowest BCUT2D eigenvalue weighted by molar-refractivity contribution is -0.125. The molecule has 1 saturated carbocycles. The summed E-state index contributed by atoms with van der Waals surface area (Å²) in [4.78, 5) is 26.3. The molecule has 2 aliphatic rings. The Bertz CT molecular complexity index is 699. The van der Waals surface area contributed by atoms with Gasteiger partial charge in [0.15, 0.2) is 0 Å². The lowest BCUT2D eigenvalue weighted by Gasteiger charge is -2.56. The number of imide groups is 1. The van der Waals surface area contributed by atoms with Gasteiger partial charge in [-0.05, 0) is 48.5 Å². The summed E-state index contributed by atoms with van der Waals surface area (Å²) in [5.74, 6) is 2.75. The van der Waals surface area contributed by atoms with Crippen LogP contribution in [0.1, 0.15) is 69.8 Å². The number of hydrogen-bond acceptors (Lipinski definition) is 5. The van der Waals surface area contributed by atoms with E-state index in [1.54, 1.807) is 23.5 Å². The van der Waals surface area contributed by atoms with Crippen molar-refractivity contribution >= 4 is 48.0 Å². The van der Waals surface area contributed by atoms with E-state index < -0.39 is 9.49 Å². The fraction of sp³-hybridized carbons (Fsp3) is 0.652. The average molecular weight is 452 g/mol. The number of fused-ring (bicyclic) bond motifs is 1. The number of nitrogens with one attached hydrogen (secondary N) is 1. The van der Waals surface area contributed by atoms with Crippen LogP contribution in [0.2, 0.25) is 0 Å². The fourth-order valence-corrected chi connectivity index (χ4v) is 8.46. The Balaban J connectivity index is 1.80. The van der Waals surface area contributed by atoms with E-state index in [0.29, 0.717) is 0 Å². The van der Waals surface area contributed by atoms with E-state index >= 15 is 0 Å². The zero-order valence-electron chi connectivity index (χ0n) is 17.3. The van der Waals surface area contributed by atoms with Crippen LogP contribution >= 0.6 is 36.2 Å². The number of carbonyl (C=O) groups is 2. The number of unbranched alkanes of at least 4 members (excludes halogenated alkanes) is 5. The highest BCUT2D eigenvalue weighted by molar-refractivity contribution is 8.06. The second-order valence-corrected chi connectivity index (χ2v) is 11.2. The first-order chi connectivity index (χ1) is 14.1. The molecule has 0 spiro atoms. The van der Waals surface area contributed by atoms with Gasteiger partial charge in [-0.15, -0.1) is 23.5 Å². The summed E-state index contributed by atoms with van der Waals surface area (Å²) in [6.07, 6.45) is 8.78. The van der Waals surface area contributed by atoms with Crippen molar-refractivity contribution in [3.63, 3.8) is 0 Å². The summed E-state index contributed by atoms with van der Waals surface area (Å²) >= 11 is 7.77. The third-order valence-electron chi connectivity index (χ3n) is 6.19. The van der Waals surface area contributed by atoms with Gasteiger partial charge in [0.1, 0.15) is 9.49 Å². The highest BCUT2D eigenvalue weighted by Crippen LogP contribution is 2.68. The highest BCUT2D eigenvalue weighted by Gasteiger charge is 2.77. The van der Waals surface area contributed by atoms with Crippen molar-refractivity contribution in [2.45, 2.75) is 73.7 Å². The Kier molecular flexibility index (Phi) is 8.46. The van der Waals surface area contributed by atoms with Gasteiger partial charge in [0.05, 0.1) is 0 Å². The molecule has 1 N–H and O–H groups in total. The third kappa shape index (κ3) is 4.40. The molecule has 3 rings (SSSR count). The van der Waals surface area contributed by atoms with E-state index in [2.05, 4.69) is 37.0 Å². The molecule has 3 nitrogen and oxygen atoms in total. The summed E-state index contributed by atoms with van der Waals surface area (Å²) in [5.41, 5.74) is 1.18. The lowest BCUT2D eigenvalue weighted by atomic mass is 9.61. The molecule has 0 bridgehead atoms. The van der Waals surface area contributed by atoms with Crippen molar-refractivity contribution in [3.05, 3.63) is 35.9 Å². The lowest BCUT2D eigenvalue weighted by Crippen LogP contribution is -2.66. The molecule has 1 aromatic rings. The molecule has 1 aliphatic carbocycles. The van der Waals surface area contributed by atoms with Crippen LogP contribution in [0.3, 0.4) is 0 Å². The van der Waals surface area contributed by atoms with Crippen LogP contribution in [0, 0.1) is 0 Å². The van der Waals surface area contributed by atoms with E-state index in [1.807, 2.05) is 18.2 Å². The number of hydrogen-bond donors (Lipinski definition) is 2. The maximum absolute atomic E-state index is 13.2. The summed E-state index contributed by atoms with van der Waals surface area (Å²) in [7, 11) is 0. The number of carbonyl (C=O) groups excluding carboxylic acids is 2. The molecule has 29 heavy (non-hydrogen) atoms. The van der Waals surface area contributed by atoms with Crippen LogP contribution in [0.25, 0.3) is 0 Å². The molecule has 0 unspecified atom stereocenters. The minimum atomic E-state index is -0.661. The van der Waals surface area contributed by atoms with Crippen molar-refractivity contribution < 1.29 is 9.59 Å². The monoisotopic (exact) mass is 451 g/mol. The van der Waals surface area contributed by atoms with Gasteiger partial charge in [0.2, 0.25) is 11.8 Å². The number of benzene rings is 1. The van der Waals surface area contributed by atoms with E-state index in [1.165, 1.54) is 24.8 Å². The Hall–Kier alpha value is -0.590. The molecule has 3 atom stereocenters. The van der Waals surface area contributed by atoms with E-state index in [4.69, 9.17) is 0 Å². The smallest absolute Gasteiger partial charge is 0.245 e. The van der Waals surface area contributed by atoms with Gasteiger partial charge in [0, 0.05) is 5.92 Å². The second kappa shape index (κ2) is 10.6. The average Bonchev–Trinajstić information content (AvgIpc) is 2.86. The van der Waals surface area contributed by atoms with Gasteiger partial charge < -0.3 is 0 Å². The first-order valence-corrected chi connectivity index (χ1v) is 13.5. The van der Waals surface area contributed by atoms with Gasteiger partial charge in [0.25, 0.3) is 0 Å². The normalized spacial score (nSPS) is 28.1.